The Kier molecular flexibility index (Phi) is 5.98. The van der Waals surface area contributed by atoms with Gasteiger partial charge in [-0.2, -0.15) is 0 Å². The van der Waals surface area contributed by atoms with Gasteiger partial charge >= 0.3 is 5.97 Å². The molecular formula is C20H22O3. The molecule has 120 valence electrons. The van der Waals surface area contributed by atoms with E-state index in [-0.39, 0.29) is 5.97 Å². The van der Waals surface area contributed by atoms with E-state index in [2.05, 4.69) is 6.58 Å². The average molecular weight is 310 g/mol. The summed E-state index contributed by atoms with van der Waals surface area (Å²) in [6, 6.07) is 17.5. The van der Waals surface area contributed by atoms with Crippen LogP contribution in [0.5, 0.6) is 5.75 Å². The predicted octanol–water partition coefficient (Wildman–Crippen LogP) is 4.13. The van der Waals surface area contributed by atoms with Crippen molar-refractivity contribution in [2.45, 2.75) is 13.3 Å². The van der Waals surface area contributed by atoms with Gasteiger partial charge in [0.25, 0.3) is 0 Å². The molecule has 3 heteroatoms. The van der Waals surface area contributed by atoms with Crippen LogP contribution in [-0.4, -0.2) is 19.7 Å². The minimum absolute atomic E-state index is 0.239. The third-order valence-electron chi connectivity index (χ3n) is 3.74. The first-order chi connectivity index (χ1) is 11.2. The van der Waals surface area contributed by atoms with Gasteiger partial charge < -0.3 is 9.47 Å². The van der Waals surface area contributed by atoms with Crippen LogP contribution in [0.3, 0.4) is 0 Å². The fraction of sp³-hybridized carbons (Fsp3) is 0.250. The van der Waals surface area contributed by atoms with Crippen molar-refractivity contribution in [1.82, 2.24) is 0 Å². The summed E-state index contributed by atoms with van der Waals surface area (Å²) < 4.78 is 10.4. The first-order valence-corrected chi connectivity index (χ1v) is 7.69. The first kappa shape index (κ1) is 16.8. The molecule has 0 aliphatic carbocycles. The lowest BCUT2D eigenvalue weighted by Crippen LogP contribution is -2.21. The molecule has 1 unspecified atom stereocenters. The number of methoxy groups -OCH3 is 1. The molecule has 0 bridgehead atoms. The number of carbonyl (C=O) groups is 1. The molecule has 0 saturated carbocycles. The lowest BCUT2D eigenvalue weighted by atomic mass is 9.88. The Balaban J connectivity index is 2.24. The lowest BCUT2D eigenvalue weighted by molar-refractivity contribution is -0.145. The van der Waals surface area contributed by atoms with Crippen molar-refractivity contribution in [2.75, 3.05) is 13.7 Å². The zero-order chi connectivity index (χ0) is 16.7. The first-order valence-electron chi connectivity index (χ1n) is 7.69. The van der Waals surface area contributed by atoms with Crippen LogP contribution in [0, 0.1) is 5.92 Å². The molecule has 23 heavy (non-hydrogen) atoms. The molecule has 3 nitrogen and oxygen atoms in total. The largest absolute Gasteiger partial charge is 0.497 e. The highest BCUT2D eigenvalue weighted by molar-refractivity contribution is 5.88. The molecule has 0 aromatic heterocycles. The van der Waals surface area contributed by atoms with Crippen LogP contribution in [0.2, 0.25) is 0 Å². The molecule has 2 aromatic rings. The van der Waals surface area contributed by atoms with Gasteiger partial charge in [0.05, 0.1) is 19.6 Å². The van der Waals surface area contributed by atoms with Crippen LogP contribution in [0.25, 0.3) is 5.57 Å². The molecule has 2 aromatic carbocycles. The second-order valence-corrected chi connectivity index (χ2v) is 5.25. The second kappa shape index (κ2) is 8.18. The fourth-order valence-corrected chi connectivity index (χ4v) is 2.45. The number of hydrogen-bond donors (Lipinski definition) is 0. The van der Waals surface area contributed by atoms with Gasteiger partial charge in [0.2, 0.25) is 0 Å². The minimum Gasteiger partial charge on any atom is -0.497 e. The zero-order valence-electron chi connectivity index (χ0n) is 13.6. The molecule has 0 aliphatic heterocycles. The second-order valence-electron chi connectivity index (χ2n) is 5.25. The van der Waals surface area contributed by atoms with Crippen molar-refractivity contribution in [3.05, 3.63) is 72.3 Å². The van der Waals surface area contributed by atoms with Gasteiger partial charge in [-0.15, -0.1) is 0 Å². The Morgan fingerprint density at radius 1 is 1.09 bits per heavy atom. The molecule has 0 saturated heterocycles. The van der Waals surface area contributed by atoms with Gasteiger partial charge in [-0.05, 0) is 42.2 Å². The molecule has 2 rings (SSSR count). The van der Waals surface area contributed by atoms with Gasteiger partial charge in [-0.1, -0.05) is 49.0 Å². The third kappa shape index (κ3) is 4.46. The van der Waals surface area contributed by atoms with E-state index in [4.69, 9.17) is 9.47 Å². The summed E-state index contributed by atoms with van der Waals surface area (Å²) in [7, 11) is 1.63. The van der Waals surface area contributed by atoms with E-state index in [1.165, 1.54) is 0 Å². The maximum atomic E-state index is 12.4. The van der Waals surface area contributed by atoms with Gasteiger partial charge in [0.1, 0.15) is 5.75 Å². The van der Waals surface area contributed by atoms with Crippen LogP contribution >= 0.6 is 0 Å². The van der Waals surface area contributed by atoms with Crippen molar-refractivity contribution in [1.29, 1.82) is 0 Å². The molecule has 0 aliphatic rings. The van der Waals surface area contributed by atoms with Gasteiger partial charge in [-0.3, -0.25) is 4.79 Å². The number of benzene rings is 2. The summed E-state index contributed by atoms with van der Waals surface area (Å²) in [5, 5.41) is 0. The van der Waals surface area contributed by atoms with E-state index in [0.717, 1.165) is 22.4 Å². The highest BCUT2D eigenvalue weighted by atomic mass is 16.5. The normalized spacial score (nSPS) is 11.6. The minimum atomic E-state index is -0.397. The van der Waals surface area contributed by atoms with E-state index < -0.39 is 5.92 Å². The Bertz CT molecular complexity index is 644. The Hall–Kier alpha value is -2.55. The molecule has 0 spiro atoms. The SMILES string of the molecule is C=C(c1ccc(OC)cc1)C(Cc1ccccc1)C(=O)OCC. The molecule has 0 N–H and O–H groups in total. The summed E-state index contributed by atoms with van der Waals surface area (Å²) in [4.78, 5) is 12.4. The lowest BCUT2D eigenvalue weighted by Gasteiger charge is -2.19. The Morgan fingerprint density at radius 3 is 2.30 bits per heavy atom. The summed E-state index contributed by atoms with van der Waals surface area (Å²) >= 11 is 0. The Morgan fingerprint density at radius 2 is 1.74 bits per heavy atom. The molecular weight excluding hydrogens is 288 g/mol. The quantitative estimate of drug-likeness (QED) is 0.721. The third-order valence-corrected chi connectivity index (χ3v) is 3.74. The van der Waals surface area contributed by atoms with Gasteiger partial charge in [-0.25, -0.2) is 0 Å². The topological polar surface area (TPSA) is 35.5 Å². The summed E-state index contributed by atoms with van der Waals surface area (Å²) in [5.74, 6) is 0.139. The standard InChI is InChI=1S/C20H22O3/c1-4-23-20(21)19(14-16-8-6-5-7-9-16)15(2)17-10-12-18(22-3)13-11-17/h5-13,19H,2,4,14H2,1,3H3. The van der Waals surface area contributed by atoms with Crippen molar-refractivity contribution in [3.8, 4) is 5.75 Å². The Labute approximate surface area is 137 Å². The van der Waals surface area contributed by atoms with Crippen molar-refractivity contribution in [2.24, 2.45) is 5.92 Å². The number of esters is 1. The van der Waals surface area contributed by atoms with E-state index in [0.29, 0.717) is 13.0 Å². The van der Waals surface area contributed by atoms with Crippen LogP contribution in [0.1, 0.15) is 18.1 Å². The van der Waals surface area contributed by atoms with E-state index in [1.54, 1.807) is 7.11 Å². The van der Waals surface area contributed by atoms with E-state index in [1.807, 2.05) is 61.5 Å². The van der Waals surface area contributed by atoms with Crippen LogP contribution < -0.4 is 4.74 Å². The predicted molar refractivity (Wildman–Crippen MR) is 92.3 cm³/mol. The summed E-state index contributed by atoms with van der Waals surface area (Å²) in [6.45, 7) is 6.31. The summed E-state index contributed by atoms with van der Waals surface area (Å²) in [5.41, 5.74) is 2.76. The molecule has 0 radical (unpaired) electrons. The number of rotatable bonds is 7. The highest BCUT2D eigenvalue weighted by Crippen LogP contribution is 2.27. The van der Waals surface area contributed by atoms with Gasteiger partial charge in [0.15, 0.2) is 0 Å². The number of ether oxygens (including phenoxy) is 2. The average Bonchev–Trinajstić information content (AvgIpc) is 2.60. The fourth-order valence-electron chi connectivity index (χ4n) is 2.45. The smallest absolute Gasteiger partial charge is 0.313 e. The molecule has 0 amide bonds. The highest BCUT2D eigenvalue weighted by Gasteiger charge is 2.24. The summed E-state index contributed by atoms with van der Waals surface area (Å²) in [6.07, 6.45) is 0.574. The number of hydrogen-bond acceptors (Lipinski definition) is 3. The molecule has 0 fully saturated rings. The maximum Gasteiger partial charge on any atom is 0.313 e. The monoisotopic (exact) mass is 310 g/mol. The van der Waals surface area contributed by atoms with Crippen LogP contribution in [0.15, 0.2) is 61.2 Å². The van der Waals surface area contributed by atoms with Crippen molar-refractivity contribution in [3.63, 3.8) is 0 Å². The van der Waals surface area contributed by atoms with Crippen LogP contribution in [0.4, 0.5) is 0 Å². The van der Waals surface area contributed by atoms with Crippen LogP contribution in [-0.2, 0) is 16.0 Å². The number of carbonyl (C=O) groups excluding carboxylic acids is 1. The van der Waals surface area contributed by atoms with E-state index >= 15 is 0 Å². The van der Waals surface area contributed by atoms with Crippen molar-refractivity contribution < 1.29 is 14.3 Å². The maximum absolute atomic E-state index is 12.4. The zero-order valence-corrected chi connectivity index (χ0v) is 13.6. The van der Waals surface area contributed by atoms with Gasteiger partial charge in [0, 0.05) is 0 Å². The molecule has 0 heterocycles. The molecule has 1 atom stereocenters. The van der Waals surface area contributed by atoms with E-state index in [9.17, 15) is 4.79 Å². The van der Waals surface area contributed by atoms with Crippen molar-refractivity contribution >= 4 is 11.5 Å².